The molecule has 0 bridgehead atoms. The maximum Gasteiger partial charge on any atom is 0.259 e. The molecule has 0 radical (unpaired) electrons. The number of hydrogen-bond donors (Lipinski definition) is 2. The highest BCUT2D eigenvalue weighted by Crippen LogP contribution is 2.27. The number of benzene rings is 1. The van der Waals surface area contributed by atoms with Gasteiger partial charge in [-0.05, 0) is 38.1 Å². The van der Waals surface area contributed by atoms with E-state index in [1.54, 1.807) is 38.1 Å². The predicted octanol–water partition coefficient (Wildman–Crippen LogP) is 2.74. The Kier molecular flexibility index (Phi) is 3.46. The Labute approximate surface area is 111 Å². The topological polar surface area (TPSA) is 77.5 Å². The first-order valence-corrected chi connectivity index (χ1v) is 5.83. The Morgan fingerprint density at radius 2 is 2.05 bits per heavy atom. The van der Waals surface area contributed by atoms with Crippen molar-refractivity contribution in [3.05, 3.63) is 41.3 Å². The Hall–Kier alpha value is -2.43. The number of nitrogens with one attached hydrogen (secondary N) is 1. The van der Waals surface area contributed by atoms with Gasteiger partial charge in [-0.3, -0.25) is 4.79 Å². The summed E-state index contributed by atoms with van der Waals surface area (Å²) in [6.45, 7) is 3.55. The van der Waals surface area contributed by atoms with Crippen LogP contribution in [0.4, 0.5) is 11.4 Å². The molecule has 1 heterocycles. The minimum Gasteiger partial charge on any atom is -0.495 e. The molecule has 1 aromatic carbocycles. The molecule has 5 heteroatoms. The lowest BCUT2D eigenvalue weighted by Crippen LogP contribution is -2.13. The van der Waals surface area contributed by atoms with Gasteiger partial charge in [0, 0.05) is 5.69 Å². The fourth-order valence-corrected chi connectivity index (χ4v) is 1.87. The zero-order chi connectivity index (χ0) is 14.0. The molecule has 1 aromatic heterocycles. The van der Waals surface area contributed by atoms with E-state index in [0.717, 1.165) is 0 Å². The van der Waals surface area contributed by atoms with Gasteiger partial charge in [0.15, 0.2) is 0 Å². The van der Waals surface area contributed by atoms with Crippen LogP contribution in [0.1, 0.15) is 21.9 Å². The standard InChI is InChI=1S/C14H16N2O3/c1-8-6-11(9(2)19-8)14(17)16-12-7-10(15)4-5-13(12)18-3/h4-7H,15H2,1-3H3,(H,16,17). The molecule has 0 saturated carbocycles. The summed E-state index contributed by atoms with van der Waals surface area (Å²) in [5.74, 6) is 1.58. The van der Waals surface area contributed by atoms with Crippen molar-refractivity contribution in [2.75, 3.05) is 18.2 Å². The smallest absolute Gasteiger partial charge is 0.259 e. The van der Waals surface area contributed by atoms with Crippen LogP contribution in [0.25, 0.3) is 0 Å². The molecule has 0 aliphatic rings. The number of rotatable bonds is 3. The van der Waals surface area contributed by atoms with E-state index in [2.05, 4.69) is 5.32 Å². The largest absolute Gasteiger partial charge is 0.495 e. The van der Waals surface area contributed by atoms with Crippen LogP contribution in [0, 0.1) is 13.8 Å². The maximum absolute atomic E-state index is 12.2. The van der Waals surface area contributed by atoms with Crippen molar-refractivity contribution < 1.29 is 13.9 Å². The van der Waals surface area contributed by atoms with E-state index < -0.39 is 0 Å². The number of carbonyl (C=O) groups is 1. The molecule has 0 aliphatic heterocycles. The first-order chi connectivity index (χ1) is 9.01. The lowest BCUT2D eigenvalue weighted by Gasteiger charge is -2.10. The van der Waals surface area contributed by atoms with E-state index in [1.807, 2.05) is 0 Å². The lowest BCUT2D eigenvalue weighted by atomic mass is 10.2. The van der Waals surface area contributed by atoms with E-state index in [-0.39, 0.29) is 5.91 Å². The second-order valence-electron chi connectivity index (χ2n) is 4.24. The molecule has 2 aromatic rings. The number of nitrogen functional groups attached to an aromatic ring is 1. The van der Waals surface area contributed by atoms with Gasteiger partial charge in [-0.1, -0.05) is 0 Å². The van der Waals surface area contributed by atoms with E-state index in [4.69, 9.17) is 14.9 Å². The van der Waals surface area contributed by atoms with Crippen LogP contribution in [-0.4, -0.2) is 13.0 Å². The summed E-state index contributed by atoms with van der Waals surface area (Å²) >= 11 is 0. The van der Waals surface area contributed by atoms with Crippen LogP contribution in [0.5, 0.6) is 5.75 Å². The highest BCUT2D eigenvalue weighted by atomic mass is 16.5. The summed E-state index contributed by atoms with van der Waals surface area (Å²) < 4.78 is 10.5. The molecule has 0 saturated heterocycles. The van der Waals surface area contributed by atoms with Gasteiger partial charge < -0.3 is 20.2 Å². The number of hydrogen-bond acceptors (Lipinski definition) is 4. The zero-order valence-corrected chi connectivity index (χ0v) is 11.1. The molecule has 5 nitrogen and oxygen atoms in total. The van der Waals surface area contributed by atoms with Crippen molar-refractivity contribution in [3.63, 3.8) is 0 Å². The third-order valence-electron chi connectivity index (χ3n) is 2.76. The van der Waals surface area contributed by atoms with Crippen LogP contribution in [-0.2, 0) is 0 Å². The highest BCUT2D eigenvalue weighted by Gasteiger charge is 2.15. The van der Waals surface area contributed by atoms with Crippen molar-refractivity contribution in [1.29, 1.82) is 0 Å². The summed E-state index contributed by atoms with van der Waals surface area (Å²) in [7, 11) is 1.54. The number of anilines is 2. The second kappa shape index (κ2) is 5.06. The van der Waals surface area contributed by atoms with Gasteiger partial charge in [0.05, 0.1) is 18.4 Å². The molecule has 100 valence electrons. The molecular weight excluding hydrogens is 244 g/mol. The quantitative estimate of drug-likeness (QED) is 0.832. The van der Waals surface area contributed by atoms with E-state index in [1.165, 1.54) is 7.11 Å². The van der Waals surface area contributed by atoms with Crippen LogP contribution in [0.15, 0.2) is 28.7 Å². The summed E-state index contributed by atoms with van der Waals surface area (Å²) in [6, 6.07) is 6.77. The molecule has 19 heavy (non-hydrogen) atoms. The van der Waals surface area contributed by atoms with Gasteiger partial charge in [-0.2, -0.15) is 0 Å². The van der Waals surface area contributed by atoms with E-state index in [0.29, 0.717) is 34.2 Å². The molecule has 0 atom stereocenters. The number of nitrogens with two attached hydrogens (primary N) is 1. The number of aryl methyl sites for hydroxylation is 2. The molecule has 0 spiro atoms. The molecule has 3 N–H and O–H groups in total. The third kappa shape index (κ3) is 2.70. The molecule has 0 fully saturated rings. The average Bonchev–Trinajstić information content (AvgIpc) is 2.69. The normalized spacial score (nSPS) is 10.3. The van der Waals surface area contributed by atoms with Crippen molar-refractivity contribution in [1.82, 2.24) is 0 Å². The SMILES string of the molecule is COc1ccc(N)cc1NC(=O)c1cc(C)oc1C. The molecule has 1 amide bonds. The second-order valence-corrected chi connectivity index (χ2v) is 4.24. The lowest BCUT2D eigenvalue weighted by molar-refractivity contribution is 0.102. The van der Waals surface area contributed by atoms with Crippen LogP contribution in [0.3, 0.4) is 0 Å². The van der Waals surface area contributed by atoms with Gasteiger partial charge in [-0.25, -0.2) is 0 Å². The summed E-state index contributed by atoms with van der Waals surface area (Å²) in [6.07, 6.45) is 0. The summed E-state index contributed by atoms with van der Waals surface area (Å²) in [5.41, 5.74) is 7.29. The monoisotopic (exact) mass is 260 g/mol. The number of furan rings is 1. The van der Waals surface area contributed by atoms with Gasteiger partial charge in [0.25, 0.3) is 5.91 Å². The predicted molar refractivity (Wildman–Crippen MR) is 73.5 cm³/mol. The number of ether oxygens (including phenoxy) is 1. The van der Waals surface area contributed by atoms with Gasteiger partial charge in [-0.15, -0.1) is 0 Å². The first-order valence-electron chi connectivity index (χ1n) is 5.83. The number of amides is 1. The maximum atomic E-state index is 12.2. The molecule has 0 aliphatic carbocycles. The van der Waals surface area contributed by atoms with Crippen molar-refractivity contribution in [2.45, 2.75) is 13.8 Å². The van der Waals surface area contributed by atoms with Crippen molar-refractivity contribution in [3.8, 4) is 5.75 Å². The van der Waals surface area contributed by atoms with E-state index >= 15 is 0 Å². The summed E-state index contributed by atoms with van der Waals surface area (Å²) in [4.78, 5) is 12.2. The van der Waals surface area contributed by atoms with Crippen molar-refractivity contribution >= 4 is 17.3 Å². The summed E-state index contributed by atoms with van der Waals surface area (Å²) in [5, 5.41) is 2.77. The zero-order valence-electron chi connectivity index (χ0n) is 11.1. The average molecular weight is 260 g/mol. The Morgan fingerprint density at radius 3 is 2.63 bits per heavy atom. The van der Waals surface area contributed by atoms with Crippen LogP contribution >= 0.6 is 0 Å². The third-order valence-corrected chi connectivity index (χ3v) is 2.76. The van der Waals surface area contributed by atoms with Crippen LogP contribution in [0.2, 0.25) is 0 Å². The minimum absolute atomic E-state index is 0.252. The highest BCUT2D eigenvalue weighted by molar-refractivity contribution is 6.06. The Bertz CT molecular complexity index is 617. The molecule has 0 unspecified atom stereocenters. The Morgan fingerprint density at radius 1 is 1.32 bits per heavy atom. The molecular formula is C14H16N2O3. The number of carbonyl (C=O) groups excluding carboxylic acids is 1. The fraction of sp³-hybridized carbons (Fsp3) is 0.214. The van der Waals surface area contributed by atoms with Gasteiger partial charge >= 0.3 is 0 Å². The fourth-order valence-electron chi connectivity index (χ4n) is 1.87. The molecule has 2 rings (SSSR count). The first kappa shape index (κ1) is 13.0. The van der Waals surface area contributed by atoms with E-state index in [9.17, 15) is 4.79 Å². The number of methoxy groups -OCH3 is 1. The minimum atomic E-state index is -0.252. The Balaban J connectivity index is 2.28. The van der Waals surface area contributed by atoms with Crippen molar-refractivity contribution in [2.24, 2.45) is 0 Å². The van der Waals surface area contributed by atoms with Gasteiger partial charge in [0.2, 0.25) is 0 Å². The van der Waals surface area contributed by atoms with Crippen LogP contribution < -0.4 is 15.8 Å². The van der Waals surface area contributed by atoms with Gasteiger partial charge in [0.1, 0.15) is 17.3 Å².